The predicted molar refractivity (Wildman–Crippen MR) is 343 cm³/mol. The Balaban J connectivity index is 0.771. The first kappa shape index (κ1) is 74.7. The van der Waals surface area contributed by atoms with Gasteiger partial charge >= 0.3 is 41.3 Å². The molecule has 2 aromatic carbocycles. The highest BCUT2D eigenvalue weighted by molar-refractivity contribution is 8.77. The molecule has 0 bridgehead atoms. The van der Waals surface area contributed by atoms with Crippen LogP contribution < -0.4 is 38.5 Å². The molecule has 91 heavy (non-hydrogen) atoms. The third-order valence-corrected chi connectivity index (χ3v) is 21.6. The average Bonchev–Trinajstić information content (AvgIpc) is 1.13. The average molecular weight is 1410 g/mol. The van der Waals surface area contributed by atoms with Gasteiger partial charge in [-0.1, -0.05) is 55.9 Å². The molecule has 0 radical (unpaired) electrons. The van der Waals surface area contributed by atoms with Gasteiger partial charge in [-0.25, -0.2) is 28.1 Å². The van der Waals surface area contributed by atoms with E-state index in [1.165, 1.54) is 17.0 Å². The Hall–Kier alpha value is -5.34. The number of nitrogen functional groups attached to an aromatic ring is 2. The molecule has 6 atom stereocenters. The predicted octanol–water partition coefficient (Wildman–Crippen LogP) is 6.36. The number of ether oxygens (including phenoxy) is 7. The third-order valence-electron chi connectivity index (χ3n) is 12.8. The van der Waals surface area contributed by atoms with Gasteiger partial charge in [-0.05, 0) is 104 Å². The molecule has 6 rings (SSSR count). The van der Waals surface area contributed by atoms with Gasteiger partial charge in [-0.2, -0.15) is 13.6 Å². The van der Waals surface area contributed by atoms with Gasteiger partial charge in [0.25, 0.3) is 5.91 Å². The summed E-state index contributed by atoms with van der Waals surface area (Å²) in [5.74, 6) is 6.47. The second-order valence-electron chi connectivity index (χ2n) is 20.3. The molecule has 3 amide bonds. The number of amides is 3. The van der Waals surface area contributed by atoms with Crippen molar-refractivity contribution in [2.24, 2.45) is 0 Å². The molecular formula is C54H73N8O22P3S4. The Morgan fingerprint density at radius 3 is 2.33 bits per heavy atom. The van der Waals surface area contributed by atoms with Gasteiger partial charge in [-0.15, -0.1) is 0 Å². The van der Waals surface area contributed by atoms with Crippen molar-refractivity contribution in [2.75, 3.05) is 102 Å². The van der Waals surface area contributed by atoms with E-state index in [9.17, 15) is 42.7 Å². The summed E-state index contributed by atoms with van der Waals surface area (Å²) >= 11 is 5.33. The number of hydrogen-bond donors (Lipinski definition) is 10. The lowest BCUT2D eigenvalue weighted by molar-refractivity contribution is -0.0544. The van der Waals surface area contributed by atoms with Gasteiger partial charge in [-0.3, -0.25) is 13.9 Å². The summed E-state index contributed by atoms with van der Waals surface area (Å²) in [6.07, 6.45) is -1.71. The number of phosphoric ester groups is 1. The molecule has 0 spiro atoms. The van der Waals surface area contributed by atoms with Crippen molar-refractivity contribution >= 4 is 106 Å². The van der Waals surface area contributed by atoms with E-state index in [0.717, 1.165) is 32.2 Å². The number of anilines is 2. The van der Waals surface area contributed by atoms with E-state index in [2.05, 4.69) is 41.4 Å². The minimum Gasteiger partial charge on any atom is -0.456 e. The standard InChI is InChI=1S/C54H73N8O22P3S4/c1-5-91(88)34-79-45-30-47(82-46(45)32-80-86(70,71)84-87(72,73)83-85(67,68)69)62-31-37(49(57)61-51(62)64)9-8-17-59-52(65)77-21-7-6-20-76-33-89-90-54(3,4)16-22-78-53(66)60-19-24-75-26-25-74-23-18-58-50(63)36-11-10-35(2)42(27-36)48-40-14-12-38(55)28-43(40)81-44-29-39(56)13-15-41(44)48/h10-15,27-29,31,45-47,55H,5-7,16-26,30,32-34,56H2,1-4H3,(H,58,63)(H,59,65)(H,60,66)(H,70,71)(H,72,73)(H2,57,61,64)(H2,67,68,69)/t45-,46-,47-,91?/m1/s1. The van der Waals surface area contributed by atoms with Gasteiger partial charge in [0.05, 0.1) is 75.8 Å². The Bertz CT molecular complexity index is 3640. The topological polar surface area (TPSA) is 436 Å². The molecule has 3 unspecified atom stereocenters. The maximum absolute atomic E-state index is 13.2. The third kappa shape index (κ3) is 25.5. The summed E-state index contributed by atoms with van der Waals surface area (Å²) in [4.78, 5) is 91.6. The molecule has 1 aliphatic carbocycles. The van der Waals surface area contributed by atoms with Gasteiger partial charge in [0.2, 0.25) is 0 Å². The van der Waals surface area contributed by atoms with Crippen LogP contribution in [0, 0.1) is 24.2 Å². The Morgan fingerprint density at radius 1 is 0.879 bits per heavy atom. The molecule has 0 saturated carbocycles. The quantitative estimate of drug-likeness (QED) is 0.00396. The van der Waals surface area contributed by atoms with E-state index < -0.39 is 75.8 Å². The number of rotatable bonds is 36. The normalized spacial score (nSPS) is 16.7. The number of fused-ring (bicyclic) bond motifs is 2. The fraction of sp³-hybridized carbons (Fsp3) is 0.481. The number of phosphoric acid groups is 3. The van der Waals surface area contributed by atoms with Crippen LogP contribution in [0.3, 0.4) is 0 Å². The summed E-state index contributed by atoms with van der Waals surface area (Å²) in [5.41, 5.74) is 16.3. The van der Waals surface area contributed by atoms with Gasteiger partial charge < -0.3 is 90.0 Å². The lowest BCUT2D eigenvalue weighted by Crippen LogP contribution is -2.30. The van der Waals surface area contributed by atoms with Crippen molar-refractivity contribution in [2.45, 2.75) is 76.6 Å². The van der Waals surface area contributed by atoms with Gasteiger partial charge in [0.15, 0.2) is 0 Å². The second-order valence-corrected chi connectivity index (χ2v) is 30.8. The van der Waals surface area contributed by atoms with Crippen LogP contribution in [0.5, 0.6) is 0 Å². The van der Waals surface area contributed by atoms with Crippen LogP contribution in [0.4, 0.5) is 21.1 Å². The van der Waals surface area contributed by atoms with Crippen LogP contribution in [0.1, 0.15) is 74.2 Å². The van der Waals surface area contributed by atoms with Crippen LogP contribution in [0.25, 0.3) is 33.4 Å². The van der Waals surface area contributed by atoms with Crippen LogP contribution in [-0.2, 0) is 80.6 Å². The van der Waals surface area contributed by atoms with Crippen molar-refractivity contribution in [1.82, 2.24) is 25.5 Å². The maximum atomic E-state index is 13.2. The first-order valence-corrected chi connectivity index (χ1v) is 37.3. The van der Waals surface area contributed by atoms with E-state index in [4.69, 9.17) is 80.0 Å². The van der Waals surface area contributed by atoms with Gasteiger partial charge in [0, 0.05) is 77.0 Å². The number of aromatic nitrogens is 2. The van der Waals surface area contributed by atoms with E-state index in [1.807, 2.05) is 52.0 Å². The molecule has 3 heterocycles. The van der Waals surface area contributed by atoms with Crippen LogP contribution in [0.2, 0.25) is 0 Å². The van der Waals surface area contributed by atoms with E-state index in [1.54, 1.807) is 41.1 Å². The summed E-state index contributed by atoms with van der Waals surface area (Å²) in [5, 5.41) is 17.3. The summed E-state index contributed by atoms with van der Waals surface area (Å²) in [6.45, 7) is 9.17. The first-order chi connectivity index (χ1) is 43.1. The Labute approximate surface area is 538 Å². The zero-order chi connectivity index (χ0) is 66.4. The number of nitrogens with one attached hydrogen (secondary N) is 4. The zero-order valence-electron chi connectivity index (χ0n) is 49.9. The minimum atomic E-state index is -5.79. The SMILES string of the molecule is CCS(=S)CO[C@@H]1C[C@H](n2cc(C#CCNC(=O)OCCCCOCSSC(C)(C)CCOC(=O)NCCOCCOCCNC(=O)c3ccc(C)c(-c4c5ccc(=N)cc-5oc5cc(N)ccc45)c3)c(N)nc2=O)O[C@@H]1COP(=O)(O)OP(=O)(O)OP(=O)(O)O. The molecule has 2 aliphatic heterocycles. The number of nitrogens with two attached hydrogens (primary N) is 2. The first-order valence-electron chi connectivity index (χ1n) is 27.9. The molecule has 3 aliphatic rings. The molecule has 12 N–H and O–H groups in total. The molecule has 30 nitrogen and oxygen atoms in total. The number of hydrogen-bond acceptors (Lipinski definition) is 25. The van der Waals surface area contributed by atoms with Gasteiger partial charge in [0.1, 0.15) is 35.4 Å². The maximum Gasteiger partial charge on any atom is 0.490 e. The number of carbonyl (C=O) groups is 3. The number of alkyl carbamates (subject to hydrolysis) is 2. The Morgan fingerprint density at radius 2 is 1.59 bits per heavy atom. The Kier molecular flexibility index (Phi) is 29.4. The lowest BCUT2D eigenvalue weighted by atomic mass is 9.90. The molecule has 1 fully saturated rings. The highest BCUT2D eigenvalue weighted by atomic mass is 33.1. The van der Waals surface area contributed by atoms with Crippen LogP contribution >= 0.6 is 45.1 Å². The highest BCUT2D eigenvalue weighted by Gasteiger charge is 2.44. The van der Waals surface area contributed by atoms with E-state index >= 15 is 0 Å². The van der Waals surface area contributed by atoms with Crippen molar-refractivity contribution in [3.05, 3.63) is 93.3 Å². The summed E-state index contributed by atoms with van der Waals surface area (Å²) in [6, 6.07) is 16.2. The van der Waals surface area contributed by atoms with Crippen molar-refractivity contribution in [3.8, 4) is 34.3 Å². The van der Waals surface area contributed by atoms with Crippen molar-refractivity contribution in [3.63, 3.8) is 0 Å². The number of aryl methyl sites for hydroxylation is 1. The van der Waals surface area contributed by atoms with E-state index in [0.29, 0.717) is 65.5 Å². The zero-order valence-corrected chi connectivity index (χ0v) is 55.8. The summed E-state index contributed by atoms with van der Waals surface area (Å²) in [7, 11) is -14.5. The molecule has 1 aromatic heterocycles. The monoisotopic (exact) mass is 1410 g/mol. The lowest BCUT2D eigenvalue weighted by Gasteiger charge is -2.22. The fourth-order valence-corrected chi connectivity index (χ4v) is 14.3. The second kappa shape index (κ2) is 35.8. The highest BCUT2D eigenvalue weighted by Crippen LogP contribution is 2.66. The summed E-state index contributed by atoms with van der Waals surface area (Å²) < 4.78 is 93.6. The van der Waals surface area contributed by atoms with E-state index in [-0.39, 0.29) is 93.7 Å². The minimum absolute atomic E-state index is 0.0474. The molecule has 3 aromatic rings. The molecule has 500 valence electrons. The largest absolute Gasteiger partial charge is 0.490 e. The fourth-order valence-electron chi connectivity index (χ4n) is 8.35. The van der Waals surface area contributed by atoms with Crippen molar-refractivity contribution < 1.29 is 98.4 Å². The molecular weight excluding hydrogens is 1330 g/mol. The molecule has 37 heteroatoms. The van der Waals surface area contributed by atoms with Crippen molar-refractivity contribution in [1.29, 1.82) is 5.41 Å². The number of carbonyl (C=O) groups excluding carboxylic acids is 3. The number of nitrogens with zero attached hydrogens (tertiary/aromatic N) is 2. The smallest absolute Gasteiger partial charge is 0.456 e. The van der Waals surface area contributed by atoms with Crippen LogP contribution in [-0.4, -0.2) is 154 Å². The number of unbranched alkanes of at least 4 members (excludes halogenated alkanes) is 1. The molecule has 1 saturated heterocycles. The van der Waals surface area contributed by atoms with Crippen LogP contribution in [0.15, 0.2) is 70.0 Å². The number of benzene rings is 3.